The fraction of sp³-hybridized carbons (Fsp3) is 0.143. The minimum Gasteiger partial charge on any atom is -0.221 e. The zero-order valence-electron chi connectivity index (χ0n) is 11.6. The van der Waals surface area contributed by atoms with Gasteiger partial charge in [0.2, 0.25) is 15.2 Å². The molecular formula is C14H8F5NO3S. The zero-order chi connectivity index (χ0) is 18.1. The minimum atomic E-state index is -4.89. The highest BCUT2D eigenvalue weighted by Crippen LogP contribution is 2.36. The van der Waals surface area contributed by atoms with Crippen LogP contribution in [0.15, 0.2) is 52.5 Å². The van der Waals surface area contributed by atoms with Gasteiger partial charge in [-0.15, -0.1) is 4.91 Å². The van der Waals surface area contributed by atoms with Gasteiger partial charge < -0.3 is 0 Å². The normalized spacial score (nSPS) is 13.5. The van der Waals surface area contributed by atoms with E-state index in [0.717, 1.165) is 18.2 Å². The summed E-state index contributed by atoms with van der Waals surface area (Å²) >= 11 is 0. The molecule has 0 aliphatic carbocycles. The molecule has 2 aromatic rings. The van der Waals surface area contributed by atoms with Gasteiger partial charge in [-0.3, -0.25) is 0 Å². The van der Waals surface area contributed by atoms with Crippen molar-refractivity contribution in [3.63, 3.8) is 0 Å². The molecular weight excluding hydrogens is 357 g/mol. The van der Waals surface area contributed by atoms with Crippen LogP contribution in [0.4, 0.5) is 22.0 Å². The summed E-state index contributed by atoms with van der Waals surface area (Å²) in [5.74, 6) is -2.70. The van der Waals surface area contributed by atoms with Crippen molar-refractivity contribution < 1.29 is 30.4 Å². The predicted octanol–water partition coefficient (Wildman–Crippen LogP) is 4.22. The third-order valence-corrected chi connectivity index (χ3v) is 4.95. The van der Waals surface area contributed by atoms with Gasteiger partial charge >= 0.3 is 6.18 Å². The lowest BCUT2D eigenvalue weighted by atomic mass is 10.2. The molecule has 0 saturated heterocycles. The van der Waals surface area contributed by atoms with Crippen LogP contribution in [0.3, 0.4) is 0 Å². The molecule has 2 aromatic carbocycles. The zero-order valence-corrected chi connectivity index (χ0v) is 12.4. The van der Waals surface area contributed by atoms with Crippen LogP contribution in [0, 0.1) is 16.5 Å². The van der Waals surface area contributed by atoms with E-state index in [-0.39, 0.29) is 6.07 Å². The highest BCUT2D eigenvalue weighted by atomic mass is 32.2. The van der Waals surface area contributed by atoms with Crippen LogP contribution in [-0.2, 0) is 16.0 Å². The van der Waals surface area contributed by atoms with Crippen LogP contribution in [-0.4, -0.2) is 8.42 Å². The summed E-state index contributed by atoms with van der Waals surface area (Å²) in [5.41, 5.74) is -2.44. The van der Waals surface area contributed by atoms with Crippen molar-refractivity contribution in [1.82, 2.24) is 0 Å². The van der Waals surface area contributed by atoms with Gasteiger partial charge in [-0.05, 0) is 35.5 Å². The molecule has 4 nitrogen and oxygen atoms in total. The lowest BCUT2D eigenvalue weighted by molar-refractivity contribution is -0.137. The van der Waals surface area contributed by atoms with Gasteiger partial charge in [0.1, 0.15) is 11.6 Å². The molecule has 2 rings (SSSR count). The summed E-state index contributed by atoms with van der Waals surface area (Å²) in [7, 11) is -4.89. The Balaban J connectivity index is 2.63. The molecule has 1 atom stereocenters. The van der Waals surface area contributed by atoms with E-state index in [1.54, 1.807) is 0 Å². The monoisotopic (exact) mass is 365 g/mol. The van der Waals surface area contributed by atoms with Crippen molar-refractivity contribution >= 4 is 9.84 Å². The number of nitrogens with zero attached hydrogens (tertiary/aromatic N) is 1. The number of nitroso groups, excluding NO2 is 1. The van der Waals surface area contributed by atoms with E-state index in [2.05, 4.69) is 5.18 Å². The largest absolute Gasteiger partial charge is 0.416 e. The Morgan fingerprint density at radius 3 is 2.00 bits per heavy atom. The van der Waals surface area contributed by atoms with E-state index >= 15 is 0 Å². The van der Waals surface area contributed by atoms with Crippen molar-refractivity contribution in [3.05, 3.63) is 70.1 Å². The van der Waals surface area contributed by atoms with E-state index in [0.29, 0.717) is 18.2 Å². The Bertz CT molecular complexity index is 860. The van der Waals surface area contributed by atoms with Gasteiger partial charge in [0.05, 0.1) is 16.0 Å². The molecule has 0 heterocycles. The lowest BCUT2D eigenvalue weighted by Gasteiger charge is -2.14. The van der Waals surface area contributed by atoms with Crippen LogP contribution < -0.4 is 0 Å². The maximum atomic E-state index is 13.7. The standard InChI is InChI=1S/C14H8F5NO3S/c15-10-5-2-6-11(16)12(10)13(20-21)24(22,23)9-4-1-3-8(7-9)14(17,18)19/h1-7,13H. The first-order valence-electron chi connectivity index (χ1n) is 6.26. The summed E-state index contributed by atoms with van der Waals surface area (Å²) < 4.78 is 90.2. The first-order valence-corrected chi connectivity index (χ1v) is 7.81. The third-order valence-electron chi connectivity index (χ3n) is 3.13. The van der Waals surface area contributed by atoms with Crippen molar-refractivity contribution in [2.24, 2.45) is 5.18 Å². The Morgan fingerprint density at radius 1 is 0.958 bits per heavy atom. The number of rotatable bonds is 4. The van der Waals surface area contributed by atoms with Gasteiger partial charge in [-0.25, -0.2) is 17.2 Å². The number of hydrogen-bond acceptors (Lipinski definition) is 4. The van der Waals surface area contributed by atoms with E-state index in [1.165, 1.54) is 0 Å². The molecule has 0 radical (unpaired) electrons. The number of hydrogen-bond donors (Lipinski definition) is 0. The van der Waals surface area contributed by atoms with E-state index < -0.39 is 49.0 Å². The smallest absolute Gasteiger partial charge is 0.221 e. The molecule has 0 aliphatic rings. The fourth-order valence-electron chi connectivity index (χ4n) is 1.99. The molecule has 0 amide bonds. The predicted molar refractivity (Wildman–Crippen MR) is 73.5 cm³/mol. The minimum absolute atomic E-state index is 0.270. The van der Waals surface area contributed by atoms with Crippen molar-refractivity contribution in [2.45, 2.75) is 16.4 Å². The highest BCUT2D eigenvalue weighted by molar-refractivity contribution is 7.91. The first kappa shape index (κ1) is 18.0. The molecule has 1 unspecified atom stereocenters. The molecule has 128 valence electrons. The molecule has 0 saturated carbocycles. The van der Waals surface area contributed by atoms with Crippen molar-refractivity contribution in [1.29, 1.82) is 0 Å². The Labute approximate surface area is 132 Å². The molecule has 10 heteroatoms. The summed E-state index contributed by atoms with van der Waals surface area (Å²) in [6.07, 6.45) is -4.83. The van der Waals surface area contributed by atoms with E-state index in [9.17, 15) is 35.3 Å². The average Bonchev–Trinajstić information content (AvgIpc) is 2.50. The topological polar surface area (TPSA) is 63.6 Å². The number of sulfone groups is 1. The fourth-order valence-corrected chi connectivity index (χ4v) is 3.46. The molecule has 0 bridgehead atoms. The second kappa shape index (κ2) is 6.27. The number of benzene rings is 2. The summed E-state index contributed by atoms with van der Waals surface area (Å²) in [5, 5.41) is -0.333. The highest BCUT2D eigenvalue weighted by Gasteiger charge is 2.37. The Morgan fingerprint density at radius 2 is 1.50 bits per heavy atom. The maximum Gasteiger partial charge on any atom is 0.416 e. The van der Waals surface area contributed by atoms with Crippen LogP contribution in [0.2, 0.25) is 0 Å². The van der Waals surface area contributed by atoms with Gasteiger partial charge in [0.15, 0.2) is 0 Å². The average molecular weight is 365 g/mol. The van der Waals surface area contributed by atoms with Gasteiger partial charge in [-0.2, -0.15) is 13.2 Å². The maximum absolute atomic E-state index is 13.7. The summed E-state index contributed by atoms with van der Waals surface area (Å²) in [6.45, 7) is 0. The van der Waals surface area contributed by atoms with Gasteiger partial charge in [-0.1, -0.05) is 12.1 Å². The second-order valence-corrected chi connectivity index (χ2v) is 6.67. The number of halogens is 5. The van der Waals surface area contributed by atoms with Crippen LogP contribution in [0.5, 0.6) is 0 Å². The molecule has 0 aliphatic heterocycles. The quantitative estimate of drug-likeness (QED) is 0.602. The molecule has 24 heavy (non-hydrogen) atoms. The molecule has 0 spiro atoms. The van der Waals surface area contributed by atoms with Crippen LogP contribution >= 0.6 is 0 Å². The van der Waals surface area contributed by atoms with Crippen LogP contribution in [0.1, 0.15) is 16.5 Å². The SMILES string of the molecule is O=NC(c1c(F)cccc1F)S(=O)(=O)c1cccc(C(F)(F)F)c1. The molecule has 0 fully saturated rings. The second-order valence-electron chi connectivity index (χ2n) is 4.66. The third kappa shape index (κ3) is 3.28. The first-order chi connectivity index (χ1) is 11.1. The molecule has 0 N–H and O–H groups in total. The number of alkyl halides is 3. The van der Waals surface area contributed by atoms with E-state index in [4.69, 9.17) is 0 Å². The van der Waals surface area contributed by atoms with Gasteiger partial charge in [0.25, 0.3) is 0 Å². The van der Waals surface area contributed by atoms with Crippen LogP contribution in [0.25, 0.3) is 0 Å². The van der Waals surface area contributed by atoms with Crippen molar-refractivity contribution in [2.75, 3.05) is 0 Å². The summed E-state index contributed by atoms with van der Waals surface area (Å²) in [4.78, 5) is 10.0. The van der Waals surface area contributed by atoms with E-state index in [1.807, 2.05) is 0 Å². The lowest BCUT2D eigenvalue weighted by Crippen LogP contribution is -2.16. The Kier molecular flexibility index (Phi) is 4.70. The molecule has 0 aromatic heterocycles. The Hall–Kier alpha value is -2.36. The van der Waals surface area contributed by atoms with Crippen molar-refractivity contribution in [3.8, 4) is 0 Å². The van der Waals surface area contributed by atoms with Gasteiger partial charge in [0, 0.05) is 0 Å². The summed E-state index contributed by atoms with van der Waals surface area (Å²) in [6, 6.07) is 4.82.